The molecule has 102 valence electrons. The van der Waals surface area contributed by atoms with Crippen molar-refractivity contribution in [2.45, 2.75) is 18.9 Å². The number of fused-ring (bicyclic) bond motifs is 1. The van der Waals surface area contributed by atoms with Gasteiger partial charge in [-0.25, -0.2) is 0 Å². The van der Waals surface area contributed by atoms with Gasteiger partial charge in [0.1, 0.15) is 6.04 Å². The maximum Gasteiger partial charge on any atom is 0.241 e. The van der Waals surface area contributed by atoms with Gasteiger partial charge in [0.25, 0.3) is 0 Å². The van der Waals surface area contributed by atoms with Crippen LogP contribution in [0.3, 0.4) is 0 Å². The molecule has 2 amide bonds. The van der Waals surface area contributed by atoms with Gasteiger partial charge in [0, 0.05) is 26.6 Å². The Morgan fingerprint density at radius 2 is 2.16 bits per heavy atom. The fourth-order valence-electron chi connectivity index (χ4n) is 2.26. The second kappa shape index (κ2) is 6.33. The highest BCUT2D eigenvalue weighted by Gasteiger charge is 2.25. The minimum absolute atomic E-state index is 0.0719. The summed E-state index contributed by atoms with van der Waals surface area (Å²) < 4.78 is 0. The molecule has 1 aliphatic rings. The van der Waals surface area contributed by atoms with Crippen molar-refractivity contribution >= 4 is 11.8 Å². The van der Waals surface area contributed by atoms with Crippen LogP contribution in [0.1, 0.15) is 23.6 Å². The van der Waals surface area contributed by atoms with E-state index >= 15 is 0 Å². The van der Waals surface area contributed by atoms with Crippen LogP contribution in [0.25, 0.3) is 0 Å². The van der Waals surface area contributed by atoms with E-state index < -0.39 is 0 Å². The van der Waals surface area contributed by atoms with Gasteiger partial charge in [-0.2, -0.15) is 0 Å². The van der Waals surface area contributed by atoms with Gasteiger partial charge >= 0.3 is 0 Å². The van der Waals surface area contributed by atoms with E-state index in [4.69, 9.17) is 0 Å². The minimum Gasteiger partial charge on any atom is -0.359 e. The largest absolute Gasteiger partial charge is 0.359 e. The van der Waals surface area contributed by atoms with E-state index in [2.05, 4.69) is 22.0 Å². The number of hydrogen-bond acceptors (Lipinski definition) is 3. The van der Waals surface area contributed by atoms with Crippen molar-refractivity contribution in [3.05, 3.63) is 35.4 Å². The van der Waals surface area contributed by atoms with E-state index in [0.29, 0.717) is 13.0 Å². The van der Waals surface area contributed by atoms with E-state index in [1.54, 1.807) is 7.05 Å². The van der Waals surface area contributed by atoms with Gasteiger partial charge in [-0.3, -0.25) is 9.59 Å². The lowest BCUT2D eigenvalue weighted by Gasteiger charge is -2.26. The van der Waals surface area contributed by atoms with Crippen LogP contribution < -0.4 is 16.0 Å². The predicted molar refractivity (Wildman–Crippen MR) is 72.6 cm³/mol. The summed E-state index contributed by atoms with van der Waals surface area (Å²) in [4.78, 5) is 23.2. The number of amides is 2. The van der Waals surface area contributed by atoms with Crippen LogP contribution >= 0.6 is 0 Å². The molecule has 0 spiro atoms. The molecule has 0 radical (unpaired) electrons. The minimum atomic E-state index is -0.311. The molecule has 1 atom stereocenters. The van der Waals surface area contributed by atoms with E-state index in [-0.39, 0.29) is 17.9 Å². The quantitative estimate of drug-likeness (QED) is 0.721. The zero-order valence-electron chi connectivity index (χ0n) is 11.0. The number of rotatable bonds is 4. The standard InChI is InChI=1S/C14H19N3O2/c1-15-12(18)7-9-17-14(19)13-11-5-3-2-4-10(11)6-8-16-13/h2-5,13,16H,6-9H2,1H3,(H,15,18)(H,17,19). The van der Waals surface area contributed by atoms with Crippen LogP contribution in [-0.4, -0.2) is 32.0 Å². The molecule has 1 unspecified atom stereocenters. The molecule has 1 heterocycles. The molecule has 0 bridgehead atoms. The molecule has 3 N–H and O–H groups in total. The zero-order valence-corrected chi connectivity index (χ0v) is 11.0. The molecule has 0 saturated heterocycles. The maximum absolute atomic E-state index is 12.1. The molecule has 5 nitrogen and oxygen atoms in total. The summed E-state index contributed by atoms with van der Waals surface area (Å²) in [5, 5.41) is 8.54. The molecule has 0 fully saturated rings. The number of nitrogens with one attached hydrogen (secondary N) is 3. The third-order valence-corrected chi connectivity index (χ3v) is 3.30. The monoisotopic (exact) mass is 261 g/mol. The van der Waals surface area contributed by atoms with Crippen molar-refractivity contribution in [1.29, 1.82) is 0 Å². The van der Waals surface area contributed by atoms with Gasteiger partial charge in [-0.15, -0.1) is 0 Å². The molecular formula is C14H19N3O2. The summed E-state index contributed by atoms with van der Waals surface area (Å²) in [5.74, 6) is -0.145. The smallest absolute Gasteiger partial charge is 0.241 e. The first-order chi connectivity index (χ1) is 9.22. The molecule has 2 rings (SSSR count). The van der Waals surface area contributed by atoms with Gasteiger partial charge < -0.3 is 16.0 Å². The molecule has 0 saturated carbocycles. The average Bonchev–Trinajstić information content (AvgIpc) is 2.46. The second-order valence-corrected chi connectivity index (χ2v) is 4.55. The van der Waals surface area contributed by atoms with Crippen LogP contribution in [0.4, 0.5) is 0 Å². The van der Waals surface area contributed by atoms with Crippen molar-refractivity contribution < 1.29 is 9.59 Å². The third-order valence-electron chi connectivity index (χ3n) is 3.30. The van der Waals surface area contributed by atoms with Crippen molar-refractivity contribution in [2.75, 3.05) is 20.1 Å². The van der Waals surface area contributed by atoms with E-state index in [0.717, 1.165) is 18.5 Å². The van der Waals surface area contributed by atoms with E-state index in [9.17, 15) is 9.59 Å². The Balaban J connectivity index is 1.95. The Morgan fingerprint density at radius 1 is 1.37 bits per heavy atom. The SMILES string of the molecule is CNC(=O)CCNC(=O)C1NCCc2ccccc21. The summed E-state index contributed by atoms with van der Waals surface area (Å²) in [6, 6.07) is 7.65. The number of carbonyl (C=O) groups is 2. The van der Waals surface area contributed by atoms with Crippen LogP contribution in [0, 0.1) is 0 Å². The van der Waals surface area contributed by atoms with E-state index in [1.165, 1.54) is 5.56 Å². The Labute approximate surface area is 112 Å². The molecule has 0 aromatic heterocycles. The third kappa shape index (κ3) is 3.32. The zero-order chi connectivity index (χ0) is 13.7. The number of hydrogen-bond donors (Lipinski definition) is 3. The van der Waals surface area contributed by atoms with Gasteiger partial charge in [0.15, 0.2) is 0 Å². The van der Waals surface area contributed by atoms with Crippen LogP contribution in [0.5, 0.6) is 0 Å². The van der Waals surface area contributed by atoms with Gasteiger partial charge in [0.05, 0.1) is 0 Å². The Kier molecular flexibility index (Phi) is 4.52. The maximum atomic E-state index is 12.1. The fraction of sp³-hybridized carbons (Fsp3) is 0.429. The highest BCUT2D eigenvalue weighted by molar-refractivity contribution is 5.84. The van der Waals surface area contributed by atoms with Crippen LogP contribution in [0.15, 0.2) is 24.3 Å². The van der Waals surface area contributed by atoms with E-state index in [1.807, 2.05) is 18.2 Å². The topological polar surface area (TPSA) is 70.2 Å². The molecule has 1 aromatic carbocycles. The van der Waals surface area contributed by atoms with Gasteiger partial charge in [-0.05, 0) is 17.5 Å². The van der Waals surface area contributed by atoms with Gasteiger partial charge in [0.2, 0.25) is 11.8 Å². The van der Waals surface area contributed by atoms with Crippen molar-refractivity contribution in [3.8, 4) is 0 Å². The van der Waals surface area contributed by atoms with Gasteiger partial charge in [-0.1, -0.05) is 24.3 Å². The lowest BCUT2D eigenvalue weighted by Crippen LogP contribution is -2.42. The summed E-state index contributed by atoms with van der Waals surface area (Å²) in [6.45, 7) is 1.16. The molecule has 0 aliphatic carbocycles. The Morgan fingerprint density at radius 3 is 2.95 bits per heavy atom. The lowest BCUT2D eigenvalue weighted by molar-refractivity contribution is -0.123. The number of carbonyl (C=O) groups excluding carboxylic acids is 2. The summed E-state index contributed by atoms with van der Waals surface area (Å²) in [5.41, 5.74) is 2.25. The Hall–Kier alpha value is -1.88. The first-order valence-electron chi connectivity index (χ1n) is 6.52. The molecule has 1 aliphatic heterocycles. The highest BCUT2D eigenvalue weighted by Crippen LogP contribution is 2.22. The summed E-state index contributed by atoms with van der Waals surface area (Å²) in [7, 11) is 1.59. The lowest BCUT2D eigenvalue weighted by atomic mass is 9.94. The molecule has 5 heteroatoms. The van der Waals surface area contributed by atoms with Crippen molar-refractivity contribution in [3.63, 3.8) is 0 Å². The second-order valence-electron chi connectivity index (χ2n) is 4.55. The molecular weight excluding hydrogens is 242 g/mol. The molecule has 1 aromatic rings. The molecule has 19 heavy (non-hydrogen) atoms. The first-order valence-corrected chi connectivity index (χ1v) is 6.52. The summed E-state index contributed by atoms with van der Waals surface area (Å²) in [6.07, 6.45) is 1.24. The van der Waals surface area contributed by atoms with Crippen molar-refractivity contribution in [1.82, 2.24) is 16.0 Å². The van der Waals surface area contributed by atoms with Crippen molar-refractivity contribution in [2.24, 2.45) is 0 Å². The van der Waals surface area contributed by atoms with Crippen LogP contribution in [0.2, 0.25) is 0 Å². The average molecular weight is 261 g/mol. The Bertz CT molecular complexity index is 474. The fourth-order valence-corrected chi connectivity index (χ4v) is 2.26. The predicted octanol–water partition coefficient (Wildman–Crippen LogP) is 0.126. The first kappa shape index (κ1) is 13.5. The summed E-state index contributed by atoms with van der Waals surface area (Å²) >= 11 is 0. The highest BCUT2D eigenvalue weighted by atomic mass is 16.2. The number of benzene rings is 1. The normalized spacial score (nSPS) is 17.4. The van der Waals surface area contributed by atoms with Crippen LogP contribution in [-0.2, 0) is 16.0 Å².